The summed E-state index contributed by atoms with van der Waals surface area (Å²) >= 11 is 0. The van der Waals surface area contributed by atoms with E-state index in [1.807, 2.05) is 0 Å². The molecule has 0 aliphatic heterocycles. The maximum absolute atomic E-state index is 12.2. The third-order valence-corrected chi connectivity index (χ3v) is 3.29. The first-order chi connectivity index (χ1) is 11.3. The number of fused-ring (bicyclic) bond motifs is 1. The van der Waals surface area contributed by atoms with Crippen LogP contribution in [0.4, 0.5) is 13.2 Å². The van der Waals surface area contributed by atoms with Gasteiger partial charge in [-0.1, -0.05) is 12.1 Å². The molecule has 0 unspecified atom stereocenters. The summed E-state index contributed by atoms with van der Waals surface area (Å²) in [4.78, 5) is 19.5. The topological polar surface area (TPSA) is 78.1 Å². The van der Waals surface area contributed by atoms with Gasteiger partial charge in [-0.15, -0.1) is 13.2 Å². The second kappa shape index (κ2) is 5.80. The molecule has 2 N–H and O–H groups in total. The molecule has 122 valence electrons. The number of aromatic nitrogens is 2. The molecule has 2 aromatic heterocycles. The highest BCUT2D eigenvalue weighted by molar-refractivity contribution is 6.00. The Morgan fingerprint density at radius 2 is 1.79 bits per heavy atom. The summed E-state index contributed by atoms with van der Waals surface area (Å²) in [7, 11) is 0. The van der Waals surface area contributed by atoms with Crippen LogP contribution >= 0.6 is 0 Å². The van der Waals surface area contributed by atoms with E-state index in [0.717, 1.165) is 0 Å². The molecule has 0 aliphatic carbocycles. The number of hydrogen-bond donors (Lipinski definition) is 1. The highest BCUT2D eigenvalue weighted by Gasteiger charge is 2.30. The van der Waals surface area contributed by atoms with Gasteiger partial charge in [-0.3, -0.25) is 14.8 Å². The lowest BCUT2D eigenvalue weighted by molar-refractivity contribution is -0.274. The molecule has 3 rings (SSSR count). The first-order valence-corrected chi connectivity index (χ1v) is 6.73. The highest BCUT2D eigenvalue weighted by atomic mass is 19.4. The van der Waals surface area contributed by atoms with Crippen LogP contribution in [0.3, 0.4) is 0 Å². The molecule has 0 saturated carbocycles. The summed E-state index contributed by atoms with van der Waals surface area (Å²) < 4.78 is 40.5. The zero-order chi connectivity index (χ0) is 17.3. The average Bonchev–Trinajstić information content (AvgIpc) is 2.53. The lowest BCUT2D eigenvalue weighted by atomic mass is 10.0. The minimum Gasteiger partial charge on any atom is -0.406 e. The van der Waals surface area contributed by atoms with Crippen molar-refractivity contribution in [2.45, 2.75) is 6.36 Å². The van der Waals surface area contributed by atoms with Crippen molar-refractivity contribution < 1.29 is 22.7 Å². The number of benzene rings is 1. The molecular weight excluding hydrogens is 323 g/mol. The van der Waals surface area contributed by atoms with Gasteiger partial charge in [-0.05, 0) is 23.8 Å². The number of hydrogen-bond acceptors (Lipinski definition) is 4. The van der Waals surface area contributed by atoms with E-state index in [0.29, 0.717) is 22.0 Å². The molecule has 24 heavy (non-hydrogen) atoms. The van der Waals surface area contributed by atoms with Gasteiger partial charge < -0.3 is 10.5 Å². The molecule has 5 nitrogen and oxygen atoms in total. The Balaban J connectivity index is 2.05. The second-order valence-electron chi connectivity index (χ2n) is 4.91. The Hall–Kier alpha value is -3.16. The minimum absolute atomic E-state index is 0.229. The Bertz CT molecular complexity index is 909. The zero-order valence-corrected chi connectivity index (χ0v) is 12.0. The van der Waals surface area contributed by atoms with Crippen LogP contribution < -0.4 is 10.5 Å². The number of amides is 1. The van der Waals surface area contributed by atoms with E-state index in [1.54, 1.807) is 6.07 Å². The molecule has 8 heteroatoms. The van der Waals surface area contributed by atoms with E-state index >= 15 is 0 Å². The number of alkyl halides is 3. The van der Waals surface area contributed by atoms with Crippen LogP contribution in [-0.2, 0) is 0 Å². The smallest absolute Gasteiger partial charge is 0.406 e. The number of nitrogens with two attached hydrogens (primary N) is 1. The van der Waals surface area contributed by atoms with Gasteiger partial charge in [-0.25, -0.2) is 0 Å². The lowest BCUT2D eigenvalue weighted by Gasteiger charge is -2.10. The van der Waals surface area contributed by atoms with E-state index < -0.39 is 12.3 Å². The Labute approximate surface area is 133 Å². The van der Waals surface area contributed by atoms with Crippen LogP contribution in [0.2, 0.25) is 0 Å². The molecular formula is C16H10F3N3O2. The summed E-state index contributed by atoms with van der Waals surface area (Å²) in [6.45, 7) is 0. The molecule has 1 amide bonds. The molecule has 0 saturated heterocycles. The highest BCUT2D eigenvalue weighted by Crippen LogP contribution is 2.30. The van der Waals surface area contributed by atoms with Crippen LogP contribution in [0.15, 0.2) is 48.9 Å². The number of ether oxygens (including phenoxy) is 1. The van der Waals surface area contributed by atoms with Crippen LogP contribution in [0.1, 0.15) is 10.4 Å². The van der Waals surface area contributed by atoms with Gasteiger partial charge in [0.2, 0.25) is 5.91 Å². The van der Waals surface area contributed by atoms with E-state index in [4.69, 9.17) is 5.73 Å². The van der Waals surface area contributed by atoms with Crippen molar-refractivity contribution in [1.82, 2.24) is 9.97 Å². The third kappa shape index (κ3) is 3.27. The standard InChI is InChI=1S/C16H10F3N3O2/c17-16(18,19)24-11-3-1-9(2-4-11)13-7-21-8-14-12(13)5-10(6-22-14)15(20)23/h1-8H,(H2,20,23). The predicted molar refractivity (Wildman–Crippen MR) is 80.2 cm³/mol. The van der Waals surface area contributed by atoms with Crippen LogP contribution in [0, 0.1) is 0 Å². The summed E-state index contributed by atoms with van der Waals surface area (Å²) in [5.41, 5.74) is 7.23. The van der Waals surface area contributed by atoms with Gasteiger partial charge in [0.15, 0.2) is 0 Å². The van der Waals surface area contributed by atoms with Crippen molar-refractivity contribution in [3.8, 4) is 16.9 Å². The van der Waals surface area contributed by atoms with Gasteiger partial charge in [0, 0.05) is 23.3 Å². The van der Waals surface area contributed by atoms with E-state index in [-0.39, 0.29) is 11.3 Å². The summed E-state index contributed by atoms with van der Waals surface area (Å²) in [6, 6.07) is 6.91. The van der Waals surface area contributed by atoms with Crippen molar-refractivity contribution in [2.24, 2.45) is 5.73 Å². The van der Waals surface area contributed by atoms with Crippen LogP contribution in [0.5, 0.6) is 5.75 Å². The maximum Gasteiger partial charge on any atom is 0.573 e. The van der Waals surface area contributed by atoms with Crippen molar-refractivity contribution in [3.63, 3.8) is 0 Å². The summed E-state index contributed by atoms with van der Waals surface area (Å²) in [6.07, 6.45) is -0.349. The molecule has 0 atom stereocenters. The average molecular weight is 333 g/mol. The van der Waals surface area contributed by atoms with E-state index in [9.17, 15) is 18.0 Å². The fourth-order valence-corrected chi connectivity index (χ4v) is 2.25. The van der Waals surface area contributed by atoms with E-state index in [1.165, 1.54) is 42.9 Å². The van der Waals surface area contributed by atoms with Crippen molar-refractivity contribution >= 4 is 16.8 Å². The van der Waals surface area contributed by atoms with Gasteiger partial charge in [0.1, 0.15) is 5.75 Å². The molecule has 1 aromatic carbocycles. The fraction of sp³-hybridized carbons (Fsp3) is 0.0625. The predicted octanol–water partition coefficient (Wildman–Crippen LogP) is 3.29. The van der Waals surface area contributed by atoms with Gasteiger partial charge in [-0.2, -0.15) is 0 Å². The Kier molecular flexibility index (Phi) is 3.80. The SMILES string of the molecule is NC(=O)c1cnc2cncc(-c3ccc(OC(F)(F)F)cc3)c2c1. The first-order valence-electron chi connectivity index (χ1n) is 6.73. The van der Waals surface area contributed by atoms with Crippen molar-refractivity contribution in [1.29, 1.82) is 0 Å². The van der Waals surface area contributed by atoms with Crippen molar-refractivity contribution in [3.05, 3.63) is 54.5 Å². The van der Waals surface area contributed by atoms with Crippen LogP contribution in [-0.4, -0.2) is 22.2 Å². The van der Waals surface area contributed by atoms with E-state index in [2.05, 4.69) is 14.7 Å². The van der Waals surface area contributed by atoms with Crippen LogP contribution in [0.25, 0.3) is 22.0 Å². The molecule has 0 spiro atoms. The van der Waals surface area contributed by atoms with Crippen molar-refractivity contribution in [2.75, 3.05) is 0 Å². The van der Waals surface area contributed by atoms with Gasteiger partial charge >= 0.3 is 6.36 Å². The van der Waals surface area contributed by atoms with Gasteiger partial charge in [0.05, 0.1) is 17.3 Å². The zero-order valence-electron chi connectivity index (χ0n) is 12.0. The fourth-order valence-electron chi connectivity index (χ4n) is 2.25. The third-order valence-electron chi connectivity index (χ3n) is 3.29. The molecule has 0 bridgehead atoms. The molecule has 3 aromatic rings. The first kappa shape index (κ1) is 15.7. The monoisotopic (exact) mass is 333 g/mol. The number of halogens is 3. The Morgan fingerprint density at radius 1 is 1.08 bits per heavy atom. The number of pyridine rings is 2. The number of primary amides is 1. The Morgan fingerprint density at radius 3 is 2.42 bits per heavy atom. The number of carbonyl (C=O) groups is 1. The number of rotatable bonds is 3. The quantitative estimate of drug-likeness (QED) is 0.798. The van der Waals surface area contributed by atoms with Gasteiger partial charge in [0.25, 0.3) is 0 Å². The number of carbonyl (C=O) groups excluding carboxylic acids is 1. The largest absolute Gasteiger partial charge is 0.573 e. The maximum atomic E-state index is 12.2. The molecule has 0 radical (unpaired) electrons. The minimum atomic E-state index is -4.75. The normalized spacial score (nSPS) is 11.5. The summed E-state index contributed by atoms with van der Waals surface area (Å²) in [5, 5.41) is 0.616. The molecule has 0 aliphatic rings. The molecule has 0 fully saturated rings. The molecule has 2 heterocycles. The summed E-state index contributed by atoms with van der Waals surface area (Å²) in [5.74, 6) is -0.948. The number of nitrogens with zero attached hydrogens (tertiary/aromatic N) is 2. The second-order valence-corrected chi connectivity index (χ2v) is 4.91. The lowest BCUT2D eigenvalue weighted by Crippen LogP contribution is -2.16.